The number of nitrogens with zero attached hydrogens (tertiary/aromatic N) is 2. The van der Waals surface area contributed by atoms with Gasteiger partial charge in [0.05, 0.1) is 12.2 Å². The highest BCUT2D eigenvalue weighted by Crippen LogP contribution is 2.37. The predicted octanol–water partition coefficient (Wildman–Crippen LogP) is 1.02. The second-order valence-corrected chi connectivity index (χ2v) is 5.75. The second kappa shape index (κ2) is 4.89. The molecule has 1 aliphatic carbocycles. The Morgan fingerprint density at radius 1 is 1.40 bits per heavy atom. The molecule has 0 aromatic carbocycles. The molecule has 2 heterocycles. The minimum Gasteiger partial charge on any atom is -0.343 e. The molecule has 0 radical (unpaired) electrons. The number of pyridine rings is 1. The molecule has 20 heavy (non-hydrogen) atoms. The van der Waals surface area contributed by atoms with Crippen molar-refractivity contribution in [3.63, 3.8) is 0 Å². The van der Waals surface area contributed by atoms with Crippen molar-refractivity contribution in [1.29, 1.82) is 0 Å². The van der Waals surface area contributed by atoms with Crippen LogP contribution in [0.3, 0.4) is 0 Å². The molecule has 5 nitrogen and oxygen atoms in total. The van der Waals surface area contributed by atoms with Crippen LogP contribution in [0.4, 0.5) is 0 Å². The summed E-state index contributed by atoms with van der Waals surface area (Å²) in [6.07, 6.45) is 3.78. The average Bonchev–Trinajstić information content (AvgIpc) is 3.22. The molecular weight excluding hydrogens is 254 g/mol. The van der Waals surface area contributed by atoms with Crippen LogP contribution in [-0.2, 0) is 16.1 Å². The Morgan fingerprint density at radius 3 is 2.80 bits per heavy atom. The molecule has 1 N–H and O–H groups in total. The van der Waals surface area contributed by atoms with E-state index in [1.54, 1.807) is 18.0 Å². The molecule has 2 atom stereocenters. The van der Waals surface area contributed by atoms with Crippen LogP contribution < -0.4 is 5.32 Å². The van der Waals surface area contributed by atoms with Crippen molar-refractivity contribution in [2.24, 2.45) is 5.92 Å². The van der Waals surface area contributed by atoms with Crippen LogP contribution in [0.15, 0.2) is 18.3 Å². The molecule has 1 aromatic heterocycles. The van der Waals surface area contributed by atoms with E-state index in [0.717, 1.165) is 24.1 Å². The van der Waals surface area contributed by atoms with E-state index in [9.17, 15) is 9.59 Å². The first-order chi connectivity index (χ1) is 9.58. The third-order valence-corrected chi connectivity index (χ3v) is 4.12. The zero-order chi connectivity index (χ0) is 14.3. The van der Waals surface area contributed by atoms with E-state index >= 15 is 0 Å². The summed E-state index contributed by atoms with van der Waals surface area (Å²) in [5.41, 5.74) is 1.92. The molecule has 5 heteroatoms. The highest BCUT2D eigenvalue weighted by molar-refractivity contribution is 5.97. The molecule has 2 amide bonds. The van der Waals surface area contributed by atoms with Gasteiger partial charge in [0.15, 0.2) is 0 Å². The smallest absolute Gasteiger partial charge is 0.245 e. The molecule has 1 aliphatic heterocycles. The lowest BCUT2D eigenvalue weighted by Crippen LogP contribution is -2.62. The molecule has 0 bridgehead atoms. The van der Waals surface area contributed by atoms with Crippen LogP contribution in [0.25, 0.3) is 0 Å². The number of hydrogen-bond donors (Lipinski definition) is 1. The van der Waals surface area contributed by atoms with Crippen molar-refractivity contribution < 1.29 is 9.59 Å². The van der Waals surface area contributed by atoms with Crippen molar-refractivity contribution >= 4 is 11.8 Å². The quantitative estimate of drug-likeness (QED) is 0.894. The molecule has 2 fully saturated rings. The number of rotatable bonds is 3. The van der Waals surface area contributed by atoms with E-state index in [2.05, 4.69) is 10.3 Å². The Hall–Kier alpha value is -1.91. The van der Waals surface area contributed by atoms with Gasteiger partial charge in [-0.15, -0.1) is 0 Å². The number of nitrogens with one attached hydrogen (secondary N) is 1. The van der Waals surface area contributed by atoms with E-state index in [-0.39, 0.29) is 17.9 Å². The number of aryl methyl sites for hydroxylation is 1. The van der Waals surface area contributed by atoms with Crippen molar-refractivity contribution in [1.82, 2.24) is 15.2 Å². The van der Waals surface area contributed by atoms with Crippen LogP contribution in [0, 0.1) is 12.8 Å². The van der Waals surface area contributed by atoms with Gasteiger partial charge in [0.1, 0.15) is 12.1 Å². The lowest BCUT2D eigenvalue weighted by molar-refractivity contribution is -0.150. The third kappa shape index (κ3) is 2.28. The predicted molar refractivity (Wildman–Crippen MR) is 73.6 cm³/mol. The van der Waals surface area contributed by atoms with Gasteiger partial charge in [-0.05, 0) is 44.2 Å². The largest absolute Gasteiger partial charge is 0.343 e. The van der Waals surface area contributed by atoms with Crippen molar-refractivity contribution in [2.45, 2.75) is 45.3 Å². The van der Waals surface area contributed by atoms with E-state index < -0.39 is 6.04 Å². The van der Waals surface area contributed by atoms with Crippen molar-refractivity contribution in [3.05, 3.63) is 29.6 Å². The second-order valence-electron chi connectivity index (χ2n) is 5.75. The summed E-state index contributed by atoms with van der Waals surface area (Å²) < 4.78 is 0. The minimum absolute atomic E-state index is 0.00782. The van der Waals surface area contributed by atoms with Crippen molar-refractivity contribution in [2.75, 3.05) is 0 Å². The maximum atomic E-state index is 12.4. The molecule has 2 unspecified atom stereocenters. The van der Waals surface area contributed by atoms with Crippen LogP contribution in [0.2, 0.25) is 0 Å². The zero-order valence-electron chi connectivity index (χ0n) is 11.8. The van der Waals surface area contributed by atoms with Gasteiger partial charge < -0.3 is 10.2 Å². The normalized spacial score (nSPS) is 26.6. The summed E-state index contributed by atoms with van der Waals surface area (Å²) >= 11 is 0. The Morgan fingerprint density at radius 2 is 2.15 bits per heavy atom. The average molecular weight is 273 g/mol. The lowest BCUT2D eigenvalue weighted by Gasteiger charge is -2.38. The molecule has 1 saturated carbocycles. The van der Waals surface area contributed by atoms with Crippen LogP contribution in [-0.4, -0.2) is 33.8 Å². The number of aromatic nitrogens is 1. The van der Waals surface area contributed by atoms with Gasteiger partial charge in [-0.2, -0.15) is 0 Å². The number of carbonyl (C=O) groups is 2. The summed E-state index contributed by atoms with van der Waals surface area (Å²) in [6, 6.07) is 3.10. The molecular formula is C15H19N3O2. The van der Waals surface area contributed by atoms with Crippen molar-refractivity contribution in [3.8, 4) is 0 Å². The maximum absolute atomic E-state index is 12.4. The van der Waals surface area contributed by atoms with E-state index in [4.69, 9.17) is 0 Å². The molecule has 1 saturated heterocycles. The zero-order valence-corrected chi connectivity index (χ0v) is 11.8. The Labute approximate surface area is 118 Å². The number of hydrogen-bond acceptors (Lipinski definition) is 3. The van der Waals surface area contributed by atoms with Crippen LogP contribution in [0.5, 0.6) is 0 Å². The SMILES string of the molecule is Cc1cccnc1CN1C(=O)C(C)NC(=O)C1C1CC1. The molecule has 0 spiro atoms. The van der Waals surface area contributed by atoms with E-state index in [0.29, 0.717) is 12.5 Å². The van der Waals surface area contributed by atoms with Crippen LogP contribution >= 0.6 is 0 Å². The fraction of sp³-hybridized carbons (Fsp3) is 0.533. The maximum Gasteiger partial charge on any atom is 0.245 e. The van der Waals surface area contributed by atoms with Gasteiger partial charge in [-0.3, -0.25) is 14.6 Å². The summed E-state index contributed by atoms with van der Waals surface area (Å²) in [5.74, 6) is 0.287. The highest BCUT2D eigenvalue weighted by Gasteiger charge is 2.46. The molecule has 106 valence electrons. The Balaban J connectivity index is 1.88. The highest BCUT2D eigenvalue weighted by atomic mass is 16.2. The third-order valence-electron chi connectivity index (χ3n) is 4.12. The van der Waals surface area contributed by atoms with E-state index in [1.807, 2.05) is 19.1 Å². The first kappa shape index (κ1) is 13.1. The Bertz CT molecular complexity index is 554. The van der Waals surface area contributed by atoms with Gasteiger partial charge in [-0.1, -0.05) is 6.07 Å². The first-order valence-corrected chi connectivity index (χ1v) is 7.09. The summed E-state index contributed by atoms with van der Waals surface area (Å²) in [4.78, 5) is 30.7. The Kier molecular flexibility index (Phi) is 3.20. The van der Waals surface area contributed by atoms with Gasteiger partial charge >= 0.3 is 0 Å². The molecule has 1 aromatic rings. The number of piperazine rings is 1. The minimum atomic E-state index is -0.443. The van der Waals surface area contributed by atoms with Gasteiger partial charge in [0.25, 0.3) is 0 Å². The van der Waals surface area contributed by atoms with Gasteiger partial charge in [-0.25, -0.2) is 0 Å². The molecule has 2 aliphatic rings. The fourth-order valence-corrected chi connectivity index (χ4v) is 2.79. The van der Waals surface area contributed by atoms with E-state index in [1.165, 1.54) is 0 Å². The molecule has 3 rings (SSSR count). The summed E-state index contributed by atoms with van der Waals surface area (Å²) in [5, 5.41) is 2.78. The summed E-state index contributed by atoms with van der Waals surface area (Å²) in [7, 11) is 0. The number of carbonyl (C=O) groups excluding carboxylic acids is 2. The monoisotopic (exact) mass is 273 g/mol. The first-order valence-electron chi connectivity index (χ1n) is 7.09. The van der Waals surface area contributed by atoms with Gasteiger partial charge in [0.2, 0.25) is 11.8 Å². The number of amides is 2. The standard InChI is InChI=1S/C15H19N3O2/c1-9-4-3-7-16-12(9)8-18-13(11-5-6-11)14(19)17-10(2)15(18)20/h3-4,7,10-11,13H,5-6,8H2,1-2H3,(H,17,19). The topological polar surface area (TPSA) is 62.3 Å². The van der Waals surface area contributed by atoms with Crippen LogP contribution in [0.1, 0.15) is 31.0 Å². The van der Waals surface area contributed by atoms with Gasteiger partial charge in [0, 0.05) is 6.20 Å². The summed E-state index contributed by atoms with van der Waals surface area (Å²) in [6.45, 7) is 4.14. The lowest BCUT2D eigenvalue weighted by atomic mass is 10.0. The fourth-order valence-electron chi connectivity index (χ4n) is 2.79.